The van der Waals surface area contributed by atoms with Crippen LogP contribution >= 0.6 is 22.7 Å². The summed E-state index contributed by atoms with van der Waals surface area (Å²) in [5.74, 6) is 35.5. The Hall–Kier alpha value is -4.89. The Bertz CT molecular complexity index is 2550. The zero-order chi connectivity index (χ0) is 51.4. The molecule has 366 valence electrons. The fraction of sp³-hybridized carbons (Fsp3) is 0.455. The zero-order valence-corrected chi connectivity index (χ0v) is 49.5. The molecule has 0 N–H and O–H groups in total. The van der Waals surface area contributed by atoms with Gasteiger partial charge in [-0.2, -0.15) is 0 Å². The molecule has 0 amide bonds. The van der Waals surface area contributed by atoms with Crippen molar-refractivity contribution >= 4 is 38.8 Å². The molecule has 0 aliphatic heterocycles. The van der Waals surface area contributed by atoms with Crippen molar-refractivity contribution in [1.82, 2.24) is 0 Å². The summed E-state index contributed by atoms with van der Waals surface area (Å²) in [5.41, 5.74) is 20.2. The van der Waals surface area contributed by atoms with Gasteiger partial charge in [-0.05, 0) is 132 Å². The topological polar surface area (TPSA) is 0 Å². The molecule has 0 aliphatic carbocycles. The first kappa shape index (κ1) is 57.7. The van der Waals surface area contributed by atoms with Gasteiger partial charge < -0.3 is 0 Å². The second-order valence-electron chi connectivity index (χ2n) is 20.7. The molecule has 0 fully saturated rings. The molecule has 2 heterocycles. The molecule has 70 heavy (non-hydrogen) atoms. The summed E-state index contributed by atoms with van der Waals surface area (Å²) in [6.45, 7) is 37.3. The lowest BCUT2D eigenvalue weighted by molar-refractivity contribution is 0.838. The standard InChI is InChI=1S/C66H82S2Si2/c1-17-21-59(35-33-55-25-29-57(30-26-55)45-47-69(49(5)6,50(7)8)51(9)10)61(23-19-3)37-39-63-41-43-65(67-63)66-44-42-64(68-66)40-38-62(24-20-4)60(22-18-2)36-34-56-27-31-58(32-28-56)46-48-70(52(11)12,53(13)14)54(15)16/h25-32,41-44,49-54H,17-24H2,1-16H3/b61-59+,62-60+. The molecule has 0 saturated heterocycles. The largest absolute Gasteiger partial charge is 0.146 e. The molecule has 0 saturated carbocycles. The third-order valence-corrected chi connectivity index (χ3v) is 28.7. The summed E-state index contributed by atoms with van der Waals surface area (Å²) < 4.78 is 0. The molecule has 0 spiro atoms. The predicted molar refractivity (Wildman–Crippen MR) is 318 cm³/mol. The maximum Gasteiger partial charge on any atom is 0.146 e. The van der Waals surface area contributed by atoms with E-state index in [1.54, 1.807) is 22.7 Å². The van der Waals surface area contributed by atoms with E-state index in [2.05, 4.69) is 254 Å². The van der Waals surface area contributed by atoms with Crippen molar-refractivity contribution in [3.8, 4) is 80.0 Å². The summed E-state index contributed by atoms with van der Waals surface area (Å²) in [5, 5.41) is 0. The number of rotatable bonds is 15. The SMILES string of the molecule is CCC/C(C#Cc1ccc(C#C[Si](C(C)C)(C(C)C)C(C)C)cc1)=C(\C#Cc1ccc(-c2ccc(C#C/C(CCC)=C(/C#Cc3ccc(C#C[Si](C(C)C)(C(C)C)C(C)C)cc3)CCC)s2)s1)CCC. The smallest absolute Gasteiger partial charge is 0.126 e. The Morgan fingerprint density at radius 3 is 0.829 bits per heavy atom. The number of benzene rings is 2. The lowest BCUT2D eigenvalue weighted by Gasteiger charge is -2.38. The highest BCUT2D eigenvalue weighted by atomic mass is 32.1. The number of thiophene rings is 2. The van der Waals surface area contributed by atoms with Crippen LogP contribution in [0.1, 0.15) is 194 Å². The second-order valence-corrected chi connectivity index (χ2v) is 34.0. The molecular weight excluding hydrogens is 913 g/mol. The van der Waals surface area contributed by atoms with Crippen molar-refractivity contribution in [1.29, 1.82) is 0 Å². The minimum atomic E-state index is -1.79. The molecule has 0 atom stereocenters. The van der Waals surface area contributed by atoms with Gasteiger partial charge >= 0.3 is 0 Å². The van der Waals surface area contributed by atoms with Crippen LogP contribution in [0.3, 0.4) is 0 Å². The highest BCUT2D eigenvalue weighted by Crippen LogP contribution is 2.42. The average Bonchev–Trinajstić information content (AvgIpc) is 4.00. The van der Waals surface area contributed by atoms with Crippen LogP contribution in [0.5, 0.6) is 0 Å². The Balaban J connectivity index is 1.55. The molecule has 0 unspecified atom stereocenters. The highest BCUT2D eigenvalue weighted by molar-refractivity contribution is 7.22. The number of hydrogen-bond acceptors (Lipinski definition) is 2. The monoisotopic (exact) mass is 995 g/mol. The first-order valence-electron chi connectivity index (χ1n) is 26.4. The minimum absolute atomic E-state index is 0.615. The van der Waals surface area contributed by atoms with Crippen molar-refractivity contribution in [2.75, 3.05) is 0 Å². The van der Waals surface area contributed by atoms with Crippen LogP contribution in [0.2, 0.25) is 33.2 Å². The van der Waals surface area contributed by atoms with Crippen molar-refractivity contribution < 1.29 is 0 Å². The van der Waals surface area contributed by atoms with Crippen LogP contribution < -0.4 is 0 Å². The van der Waals surface area contributed by atoms with Crippen LogP contribution in [-0.4, -0.2) is 16.1 Å². The summed E-state index contributed by atoms with van der Waals surface area (Å²) in [6.07, 6.45) is 7.79. The normalized spacial score (nSPS) is 12.1. The Labute approximate surface area is 438 Å². The van der Waals surface area contributed by atoms with Gasteiger partial charge in [-0.15, -0.1) is 33.8 Å². The summed E-state index contributed by atoms with van der Waals surface area (Å²) in [4.78, 5) is 4.57. The molecular formula is C66H82S2Si2. The lowest BCUT2D eigenvalue weighted by Crippen LogP contribution is -2.43. The van der Waals surface area contributed by atoms with Gasteiger partial charge in [-0.3, -0.25) is 0 Å². The maximum absolute atomic E-state index is 3.86. The third kappa shape index (κ3) is 15.6. The van der Waals surface area contributed by atoms with Crippen molar-refractivity contribution in [2.24, 2.45) is 0 Å². The molecule has 4 aromatic rings. The third-order valence-electron chi connectivity index (χ3n) is 13.9. The van der Waals surface area contributed by atoms with Gasteiger partial charge in [0, 0.05) is 54.3 Å². The van der Waals surface area contributed by atoms with E-state index < -0.39 is 16.1 Å². The van der Waals surface area contributed by atoms with Crippen molar-refractivity contribution in [3.63, 3.8) is 0 Å². The van der Waals surface area contributed by atoms with Gasteiger partial charge in [0.2, 0.25) is 0 Å². The van der Waals surface area contributed by atoms with Crippen LogP contribution in [-0.2, 0) is 0 Å². The number of allylic oxidation sites excluding steroid dienone is 4. The fourth-order valence-corrected chi connectivity index (χ4v) is 22.6. The van der Waals surface area contributed by atoms with Crippen LogP contribution in [0, 0.1) is 70.3 Å². The van der Waals surface area contributed by atoms with E-state index in [1.807, 2.05) is 0 Å². The molecule has 4 heteroatoms. The molecule has 0 bridgehead atoms. The van der Waals surface area contributed by atoms with E-state index in [4.69, 9.17) is 0 Å². The predicted octanol–water partition coefficient (Wildman–Crippen LogP) is 19.2. The van der Waals surface area contributed by atoms with E-state index in [9.17, 15) is 0 Å². The van der Waals surface area contributed by atoms with Crippen LogP contribution in [0.4, 0.5) is 0 Å². The van der Waals surface area contributed by atoms with Crippen molar-refractivity contribution in [3.05, 3.63) is 127 Å². The molecule has 0 radical (unpaired) electrons. The Morgan fingerprint density at radius 2 is 0.586 bits per heavy atom. The van der Waals surface area contributed by atoms with Crippen molar-refractivity contribution in [2.45, 2.75) is 195 Å². The first-order valence-corrected chi connectivity index (χ1v) is 32.5. The molecule has 2 aromatic heterocycles. The summed E-state index contributed by atoms with van der Waals surface area (Å²) in [6, 6.07) is 25.8. The first-order chi connectivity index (χ1) is 33.4. The van der Waals surface area contributed by atoms with Gasteiger partial charge in [-0.25, -0.2) is 0 Å². The van der Waals surface area contributed by atoms with E-state index in [0.717, 1.165) is 106 Å². The molecule has 0 aliphatic rings. The van der Waals surface area contributed by atoms with Crippen LogP contribution in [0.25, 0.3) is 9.75 Å². The maximum atomic E-state index is 3.86. The van der Waals surface area contributed by atoms with Gasteiger partial charge in [0.15, 0.2) is 0 Å². The van der Waals surface area contributed by atoms with Gasteiger partial charge in [0.1, 0.15) is 16.1 Å². The summed E-state index contributed by atoms with van der Waals surface area (Å²) in [7, 11) is -3.57. The van der Waals surface area contributed by atoms with Gasteiger partial charge in [0.25, 0.3) is 0 Å². The van der Waals surface area contributed by atoms with Crippen LogP contribution in [0.15, 0.2) is 95.1 Å². The van der Waals surface area contributed by atoms with E-state index in [1.165, 1.54) is 9.75 Å². The van der Waals surface area contributed by atoms with E-state index in [-0.39, 0.29) is 0 Å². The Kier molecular flexibility index (Phi) is 23.3. The van der Waals surface area contributed by atoms with Gasteiger partial charge in [0.05, 0.1) is 9.75 Å². The lowest BCUT2D eigenvalue weighted by atomic mass is 10.00. The highest BCUT2D eigenvalue weighted by Gasteiger charge is 2.42. The summed E-state index contributed by atoms with van der Waals surface area (Å²) >= 11 is 3.50. The van der Waals surface area contributed by atoms with Gasteiger partial charge in [-0.1, -0.05) is 196 Å². The van der Waals surface area contributed by atoms with E-state index in [0.29, 0.717) is 33.2 Å². The van der Waals surface area contributed by atoms with E-state index >= 15 is 0 Å². The quantitative estimate of drug-likeness (QED) is 0.0822. The fourth-order valence-electron chi connectivity index (χ4n) is 10.3. The average molecular weight is 996 g/mol. The number of hydrogen-bond donors (Lipinski definition) is 0. The zero-order valence-electron chi connectivity index (χ0n) is 45.9. The Morgan fingerprint density at radius 1 is 0.343 bits per heavy atom. The molecule has 2 aromatic carbocycles. The second kappa shape index (κ2) is 28.2. The molecule has 0 nitrogen and oxygen atoms in total. The molecule has 4 rings (SSSR count). The minimum Gasteiger partial charge on any atom is -0.126 e.